The molecule has 2 aromatic carbocycles. The molecule has 4 aromatic rings. The summed E-state index contributed by atoms with van der Waals surface area (Å²) in [6.07, 6.45) is 0. The number of anilines is 1. The van der Waals surface area contributed by atoms with Crippen LogP contribution in [0.3, 0.4) is 0 Å². The molecule has 0 bridgehead atoms. The highest BCUT2D eigenvalue weighted by Crippen LogP contribution is 2.30. The number of hydrogen-bond acceptors (Lipinski definition) is 4. The van der Waals surface area contributed by atoms with Gasteiger partial charge in [-0.25, -0.2) is 4.68 Å². The van der Waals surface area contributed by atoms with Gasteiger partial charge in [-0.05, 0) is 37.3 Å². The second kappa shape index (κ2) is 6.41. The Morgan fingerprint density at radius 1 is 1.04 bits per heavy atom. The zero-order valence-corrected chi connectivity index (χ0v) is 14.4. The standard InChI is InChI=1S/C19H16N4OS/c1-13-16-12-17(18(24)21-20-14-8-4-2-5-9-14)25-19(16)23(22-13)15-10-6-3-7-11-15/h2-12,20H,1H3,(H,21,24). The molecule has 124 valence electrons. The third-order valence-electron chi connectivity index (χ3n) is 3.86. The summed E-state index contributed by atoms with van der Waals surface area (Å²) in [5.74, 6) is -0.163. The van der Waals surface area contributed by atoms with Crippen LogP contribution in [0.1, 0.15) is 15.4 Å². The molecule has 4 rings (SSSR count). The summed E-state index contributed by atoms with van der Waals surface area (Å²) in [5, 5.41) is 5.59. The van der Waals surface area contributed by atoms with Crippen molar-refractivity contribution in [2.75, 3.05) is 5.43 Å². The Labute approximate surface area is 148 Å². The summed E-state index contributed by atoms with van der Waals surface area (Å²) in [6, 6.07) is 21.3. The van der Waals surface area contributed by atoms with Crippen molar-refractivity contribution in [1.82, 2.24) is 15.2 Å². The van der Waals surface area contributed by atoms with Crippen molar-refractivity contribution in [2.24, 2.45) is 0 Å². The van der Waals surface area contributed by atoms with E-state index in [1.54, 1.807) is 0 Å². The summed E-state index contributed by atoms with van der Waals surface area (Å²) >= 11 is 1.43. The Morgan fingerprint density at radius 2 is 1.72 bits per heavy atom. The van der Waals surface area contributed by atoms with E-state index in [9.17, 15) is 4.79 Å². The number of carbonyl (C=O) groups excluding carboxylic acids is 1. The number of nitrogens with one attached hydrogen (secondary N) is 2. The Balaban J connectivity index is 1.62. The number of para-hydroxylation sites is 2. The second-order valence-electron chi connectivity index (χ2n) is 5.61. The molecule has 6 heteroatoms. The molecule has 0 radical (unpaired) electrons. The van der Waals surface area contributed by atoms with Crippen LogP contribution in [0.5, 0.6) is 0 Å². The average molecular weight is 348 g/mol. The highest BCUT2D eigenvalue weighted by molar-refractivity contribution is 7.20. The SMILES string of the molecule is Cc1nn(-c2ccccc2)c2sc(C(=O)NNc3ccccc3)cc12. The normalized spacial score (nSPS) is 10.8. The summed E-state index contributed by atoms with van der Waals surface area (Å²) in [4.78, 5) is 14.1. The number of hydrogen-bond donors (Lipinski definition) is 2. The molecule has 0 fully saturated rings. The van der Waals surface area contributed by atoms with E-state index in [4.69, 9.17) is 0 Å². The molecule has 0 unspecified atom stereocenters. The van der Waals surface area contributed by atoms with E-state index in [1.165, 1.54) is 11.3 Å². The predicted molar refractivity (Wildman–Crippen MR) is 101 cm³/mol. The van der Waals surface area contributed by atoms with Crippen molar-refractivity contribution in [3.63, 3.8) is 0 Å². The van der Waals surface area contributed by atoms with Crippen molar-refractivity contribution in [3.8, 4) is 5.69 Å². The van der Waals surface area contributed by atoms with E-state index < -0.39 is 0 Å². The lowest BCUT2D eigenvalue weighted by Crippen LogP contribution is -2.28. The number of rotatable bonds is 4. The van der Waals surface area contributed by atoms with Crippen LogP contribution in [0.2, 0.25) is 0 Å². The molecule has 0 atom stereocenters. The van der Waals surface area contributed by atoms with Gasteiger partial charge in [-0.3, -0.25) is 15.6 Å². The predicted octanol–water partition coefficient (Wildman–Crippen LogP) is 4.15. The molecule has 0 aliphatic heterocycles. The third-order valence-corrected chi connectivity index (χ3v) is 4.97. The van der Waals surface area contributed by atoms with E-state index >= 15 is 0 Å². The number of benzene rings is 2. The minimum absolute atomic E-state index is 0.163. The number of nitrogens with zero attached hydrogens (tertiary/aromatic N) is 2. The molecule has 2 N–H and O–H groups in total. The lowest BCUT2D eigenvalue weighted by atomic mass is 10.3. The summed E-state index contributed by atoms with van der Waals surface area (Å²) < 4.78 is 1.89. The number of hydrazine groups is 1. The van der Waals surface area contributed by atoms with Gasteiger partial charge < -0.3 is 0 Å². The van der Waals surface area contributed by atoms with Gasteiger partial charge in [0.2, 0.25) is 0 Å². The van der Waals surface area contributed by atoms with Crippen LogP contribution in [0.4, 0.5) is 5.69 Å². The monoisotopic (exact) mass is 348 g/mol. The first-order valence-electron chi connectivity index (χ1n) is 7.88. The molecular formula is C19H16N4OS. The Morgan fingerprint density at radius 3 is 2.44 bits per heavy atom. The molecule has 0 saturated carbocycles. The lowest BCUT2D eigenvalue weighted by Gasteiger charge is -2.06. The van der Waals surface area contributed by atoms with Crippen molar-refractivity contribution in [1.29, 1.82) is 0 Å². The zero-order chi connectivity index (χ0) is 17.2. The van der Waals surface area contributed by atoms with E-state index in [1.807, 2.05) is 78.3 Å². The fourth-order valence-electron chi connectivity index (χ4n) is 2.62. The summed E-state index contributed by atoms with van der Waals surface area (Å²) in [5.41, 5.74) is 8.39. The largest absolute Gasteiger partial charge is 0.298 e. The zero-order valence-electron chi connectivity index (χ0n) is 13.6. The maximum atomic E-state index is 12.5. The highest BCUT2D eigenvalue weighted by Gasteiger charge is 2.17. The highest BCUT2D eigenvalue weighted by atomic mass is 32.1. The van der Waals surface area contributed by atoms with Gasteiger partial charge in [0.25, 0.3) is 5.91 Å². The molecule has 0 spiro atoms. The van der Waals surface area contributed by atoms with Crippen LogP contribution in [-0.4, -0.2) is 15.7 Å². The first kappa shape index (κ1) is 15.4. The number of amides is 1. The number of thiophene rings is 1. The minimum Gasteiger partial charge on any atom is -0.298 e. The van der Waals surface area contributed by atoms with Crippen LogP contribution in [0.15, 0.2) is 66.7 Å². The first-order chi connectivity index (χ1) is 12.2. The first-order valence-corrected chi connectivity index (χ1v) is 8.70. The molecule has 1 amide bonds. The molecule has 2 aromatic heterocycles. The quantitative estimate of drug-likeness (QED) is 0.545. The number of carbonyl (C=O) groups is 1. The van der Waals surface area contributed by atoms with Gasteiger partial charge in [0.05, 0.1) is 21.9 Å². The van der Waals surface area contributed by atoms with E-state index in [0.717, 1.165) is 27.3 Å². The fraction of sp³-hybridized carbons (Fsp3) is 0.0526. The Bertz CT molecular complexity index is 1020. The third kappa shape index (κ3) is 2.99. The van der Waals surface area contributed by atoms with Gasteiger partial charge in [-0.1, -0.05) is 36.4 Å². The topological polar surface area (TPSA) is 59.0 Å². The molecule has 0 saturated heterocycles. The van der Waals surface area contributed by atoms with E-state index in [-0.39, 0.29) is 5.91 Å². The fourth-order valence-corrected chi connectivity index (χ4v) is 3.69. The van der Waals surface area contributed by atoms with Crippen molar-refractivity contribution in [3.05, 3.63) is 77.3 Å². The van der Waals surface area contributed by atoms with Gasteiger partial charge in [0.15, 0.2) is 0 Å². The lowest BCUT2D eigenvalue weighted by molar-refractivity contribution is 0.0966. The maximum Gasteiger partial charge on any atom is 0.279 e. The summed E-state index contributed by atoms with van der Waals surface area (Å²) in [7, 11) is 0. The van der Waals surface area contributed by atoms with Crippen molar-refractivity contribution in [2.45, 2.75) is 6.92 Å². The molecule has 5 nitrogen and oxygen atoms in total. The second-order valence-corrected chi connectivity index (χ2v) is 6.64. The van der Waals surface area contributed by atoms with Gasteiger partial charge in [0.1, 0.15) is 4.83 Å². The molecule has 25 heavy (non-hydrogen) atoms. The van der Waals surface area contributed by atoms with Crippen LogP contribution in [-0.2, 0) is 0 Å². The van der Waals surface area contributed by atoms with Crippen LogP contribution >= 0.6 is 11.3 Å². The molecule has 0 aliphatic carbocycles. The average Bonchev–Trinajstić information content (AvgIpc) is 3.22. The van der Waals surface area contributed by atoms with Crippen molar-refractivity contribution >= 4 is 33.1 Å². The number of fused-ring (bicyclic) bond motifs is 1. The smallest absolute Gasteiger partial charge is 0.279 e. The van der Waals surface area contributed by atoms with Gasteiger partial charge in [-0.15, -0.1) is 11.3 Å². The molecule has 2 heterocycles. The number of aromatic nitrogens is 2. The van der Waals surface area contributed by atoms with Crippen LogP contribution in [0, 0.1) is 6.92 Å². The Hall–Kier alpha value is -3.12. The van der Waals surface area contributed by atoms with Crippen molar-refractivity contribution < 1.29 is 4.79 Å². The van der Waals surface area contributed by atoms with Gasteiger partial charge in [0, 0.05) is 5.39 Å². The van der Waals surface area contributed by atoms with E-state index in [0.29, 0.717) is 4.88 Å². The minimum atomic E-state index is -0.163. The number of aryl methyl sites for hydroxylation is 1. The van der Waals surface area contributed by atoms with Gasteiger partial charge >= 0.3 is 0 Å². The van der Waals surface area contributed by atoms with Gasteiger partial charge in [-0.2, -0.15) is 5.10 Å². The summed E-state index contributed by atoms with van der Waals surface area (Å²) in [6.45, 7) is 1.96. The van der Waals surface area contributed by atoms with Crippen LogP contribution < -0.4 is 10.9 Å². The molecular weight excluding hydrogens is 332 g/mol. The van der Waals surface area contributed by atoms with Crippen LogP contribution in [0.25, 0.3) is 15.9 Å². The Kier molecular flexibility index (Phi) is 3.95. The molecule has 0 aliphatic rings. The van der Waals surface area contributed by atoms with E-state index in [2.05, 4.69) is 16.0 Å². The maximum absolute atomic E-state index is 12.5.